The predicted molar refractivity (Wildman–Crippen MR) is 58.8 cm³/mol. The van der Waals surface area contributed by atoms with E-state index in [-0.39, 0.29) is 0 Å². The van der Waals surface area contributed by atoms with E-state index in [2.05, 4.69) is 4.90 Å². The zero-order valence-corrected chi connectivity index (χ0v) is 9.32. The van der Waals surface area contributed by atoms with Gasteiger partial charge in [-0.15, -0.1) is 0 Å². The molecule has 15 heavy (non-hydrogen) atoms. The molecule has 1 atom stereocenters. The minimum absolute atomic E-state index is 0.339. The number of hydrogen-bond donors (Lipinski definition) is 1. The monoisotopic (exact) mass is 211 g/mol. The third kappa shape index (κ3) is 2.94. The number of nitrogens with zero attached hydrogens (tertiary/aromatic N) is 1. The summed E-state index contributed by atoms with van der Waals surface area (Å²) < 4.78 is 0. The molecule has 0 amide bonds. The van der Waals surface area contributed by atoms with E-state index in [1.165, 1.54) is 45.2 Å². The molecule has 0 radical (unpaired) electrons. The van der Waals surface area contributed by atoms with Gasteiger partial charge < -0.3 is 5.11 Å². The van der Waals surface area contributed by atoms with E-state index >= 15 is 0 Å². The highest BCUT2D eigenvalue weighted by atomic mass is 16.4. The lowest BCUT2D eigenvalue weighted by molar-refractivity contribution is -0.137. The van der Waals surface area contributed by atoms with Crippen LogP contribution in [0.1, 0.15) is 44.9 Å². The molecule has 86 valence electrons. The van der Waals surface area contributed by atoms with Crippen molar-refractivity contribution in [1.82, 2.24) is 4.90 Å². The number of hydrogen-bond acceptors (Lipinski definition) is 2. The maximum absolute atomic E-state index is 10.5. The van der Waals surface area contributed by atoms with Crippen molar-refractivity contribution < 1.29 is 9.90 Å². The fourth-order valence-corrected chi connectivity index (χ4v) is 2.88. The fraction of sp³-hybridized carbons (Fsp3) is 0.917. The Morgan fingerprint density at radius 1 is 1.27 bits per heavy atom. The van der Waals surface area contributed by atoms with Crippen LogP contribution in [0.15, 0.2) is 0 Å². The molecule has 1 aliphatic carbocycles. The van der Waals surface area contributed by atoms with E-state index in [0.717, 1.165) is 12.3 Å². The van der Waals surface area contributed by atoms with E-state index in [4.69, 9.17) is 5.11 Å². The molecule has 2 aliphatic rings. The largest absolute Gasteiger partial charge is 0.481 e. The molecule has 1 aliphatic heterocycles. The van der Waals surface area contributed by atoms with Gasteiger partial charge >= 0.3 is 5.97 Å². The Labute approximate surface area is 91.5 Å². The van der Waals surface area contributed by atoms with Crippen LogP contribution >= 0.6 is 0 Å². The third-order valence-corrected chi connectivity index (χ3v) is 3.92. The van der Waals surface area contributed by atoms with Crippen LogP contribution in [0.3, 0.4) is 0 Å². The first kappa shape index (κ1) is 10.9. The van der Waals surface area contributed by atoms with Crippen molar-refractivity contribution in [3.05, 3.63) is 0 Å². The summed E-state index contributed by atoms with van der Waals surface area (Å²) in [5, 5.41) is 8.63. The Hall–Kier alpha value is -0.570. The first-order chi connectivity index (χ1) is 7.25. The molecule has 1 heterocycles. The lowest BCUT2D eigenvalue weighted by Crippen LogP contribution is -2.49. The second kappa shape index (κ2) is 4.97. The van der Waals surface area contributed by atoms with Crippen molar-refractivity contribution in [3.63, 3.8) is 0 Å². The predicted octanol–water partition coefficient (Wildman–Crippen LogP) is 2.12. The smallest absolute Gasteiger partial charge is 0.303 e. The average Bonchev–Trinajstić information content (AvgIpc) is 2.64. The van der Waals surface area contributed by atoms with Crippen molar-refractivity contribution in [1.29, 1.82) is 0 Å². The second-order valence-electron chi connectivity index (χ2n) is 5.02. The van der Waals surface area contributed by atoms with Crippen molar-refractivity contribution in [3.8, 4) is 0 Å². The molecule has 2 rings (SSSR count). The maximum Gasteiger partial charge on any atom is 0.303 e. The molecule has 1 saturated carbocycles. The van der Waals surface area contributed by atoms with Crippen LogP contribution in [0.25, 0.3) is 0 Å². The zero-order chi connectivity index (χ0) is 10.7. The van der Waals surface area contributed by atoms with E-state index in [1.54, 1.807) is 0 Å². The maximum atomic E-state index is 10.5. The van der Waals surface area contributed by atoms with Crippen molar-refractivity contribution in [2.75, 3.05) is 13.1 Å². The second-order valence-corrected chi connectivity index (χ2v) is 5.02. The lowest BCUT2D eigenvalue weighted by Gasteiger charge is -2.42. The van der Waals surface area contributed by atoms with Crippen LogP contribution in [0, 0.1) is 5.92 Å². The van der Waals surface area contributed by atoms with Gasteiger partial charge in [-0.05, 0) is 38.1 Å². The van der Waals surface area contributed by atoms with Gasteiger partial charge in [-0.3, -0.25) is 9.69 Å². The summed E-state index contributed by atoms with van der Waals surface area (Å²) in [5.74, 6) is 0.250. The summed E-state index contributed by atoms with van der Waals surface area (Å²) in [5.41, 5.74) is 0. The van der Waals surface area contributed by atoms with Crippen LogP contribution < -0.4 is 0 Å². The van der Waals surface area contributed by atoms with Gasteiger partial charge in [0.1, 0.15) is 0 Å². The Bertz CT molecular complexity index is 224. The van der Waals surface area contributed by atoms with Crippen LogP contribution in [0.5, 0.6) is 0 Å². The minimum Gasteiger partial charge on any atom is -0.481 e. The van der Waals surface area contributed by atoms with Crippen LogP contribution in [0.2, 0.25) is 0 Å². The van der Waals surface area contributed by atoms with Crippen molar-refractivity contribution in [2.45, 2.75) is 51.0 Å². The fourth-order valence-electron chi connectivity index (χ4n) is 2.88. The molecular weight excluding hydrogens is 190 g/mol. The molecule has 1 saturated heterocycles. The Morgan fingerprint density at radius 2 is 2.00 bits per heavy atom. The van der Waals surface area contributed by atoms with Gasteiger partial charge in [0.15, 0.2) is 0 Å². The Kier molecular flexibility index (Phi) is 3.62. The number of carboxylic acid groups (broad SMARTS) is 1. The van der Waals surface area contributed by atoms with E-state index in [1.807, 2.05) is 0 Å². The molecule has 3 heteroatoms. The first-order valence-corrected chi connectivity index (χ1v) is 6.21. The molecule has 0 spiro atoms. The summed E-state index contributed by atoms with van der Waals surface area (Å²) in [6.45, 7) is 2.42. The highest BCUT2D eigenvalue weighted by Crippen LogP contribution is 2.30. The van der Waals surface area contributed by atoms with Gasteiger partial charge in [-0.1, -0.05) is 12.8 Å². The highest BCUT2D eigenvalue weighted by Gasteiger charge is 2.30. The number of likely N-dealkylation sites (tertiary alicyclic amines) is 1. The van der Waals surface area contributed by atoms with Crippen LogP contribution in [-0.4, -0.2) is 35.1 Å². The van der Waals surface area contributed by atoms with Gasteiger partial charge in [-0.2, -0.15) is 0 Å². The van der Waals surface area contributed by atoms with Crippen LogP contribution in [0.4, 0.5) is 0 Å². The summed E-state index contributed by atoms with van der Waals surface area (Å²) in [4.78, 5) is 13.0. The molecule has 0 bridgehead atoms. The van der Waals surface area contributed by atoms with Crippen molar-refractivity contribution in [2.24, 2.45) is 5.92 Å². The average molecular weight is 211 g/mol. The van der Waals surface area contributed by atoms with Crippen LogP contribution in [-0.2, 0) is 4.79 Å². The highest BCUT2D eigenvalue weighted by molar-refractivity contribution is 5.66. The molecule has 0 aromatic heterocycles. The van der Waals surface area contributed by atoms with Gasteiger partial charge in [0, 0.05) is 19.0 Å². The van der Waals surface area contributed by atoms with Crippen molar-refractivity contribution >= 4 is 5.97 Å². The molecule has 2 fully saturated rings. The molecule has 1 unspecified atom stereocenters. The van der Waals surface area contributed by atoms with Gasteiger partial charge in [0.2, 0.25) is 0 Å². The SMILES string of the molecule is O=C(O)CCC1CCN1CC1CCCC1. The molecule has 3 nitrogen and oxygen atoms in total. The van der Waals surface area contributed by atoms with E-state index in [9.17, 15) is 4.79 Å². The number of aliphatic carboxylic acids is 1. The molecular formula is C12H21NO2. The Morgan fingerprint density at radius 3 is 2.53 bits per heavy atom. The number of carbonyl (C=O) groups is 1. The zero-order valence-electron chi connectivity index (χ0n) is 9.32. The lowest BCUT2D eigenvalue weighted by atomic mass is 9.95. The molecule has 0 aromatic carbocycles. The normalized spacial score (nSPS) is 27.9. The topological polar surface area (TPSA) is 40.5 Å². The molecule has 1 N–H and O–H groups in total. The Balaban J connectivity index is 1.67. The van der Waals surface area contributed by atoms with E-state index in [0.29, 0.717) is 12.5 Å². The quantitative estimate of drug-likeness (QED) is 0.757. The number of carboxylic acids is 1. The van der Waals surface area contributed by atoms with E-state index < -0.39 is 5.97 Å². The summed E-state index contributed by atoms with van der Waals surface area (Å²) in [7, 11) is 0. The summed E-state index contributed by atoms with van der Waals surface area (Å²) in [6.07, 6.45) is 7.98. The standard InChI is InChI=1S/C12H21NO2/c14-12(15)6-5-11-7-8-13(11)9-10-3-1-2-4-10/h10-11H,1-9H2,(H,14,15). The summed E-state index contributed by atoms with van der Waals surface area (Å²) in [6, 6.07) is 0.571. The number of rotatable bonds is 5. The van der Waals surface area contributed by atoms with Gasteiger partial charge in [0.25, 0.3) is 0 Å². The molecule has 0 aromatic rings. The van der Waals surface area contributed by atoms with Gasteiger partial charge in [0.05, 0.1) is 0 Å². The first-order valence-electron chi connectivity index (χ1n) is 6.21. The minimum atomic E-state index is -0.650. The third-order valence-electron chi connectivity index (χ3n) is 3.92. The summed E-state index contributed by atoms with van der Waals surface area (Å²) >= 11 is 0. The van der Waals surface area contributed by atoms with Gasteiger partial charge in [-0.25, -0.2) is 0 Å².